The SMILES string of the molecule is CCc1cnc(CNC2CCN(CC=C(C)C)CC2)o1. The van der Waals surface area contributed by atoms with Crippen molar-refractivity contribution in [1.82, 2.24) is 15.2 Å². The van der Waals surface area contributed by atoms with Gasteiger partial charge in [0.2, 0.25) is 5.89 Å². The largest absolute Gasteiger partial charge is 0.444 e. The quantitative estimate of drug-likeness (QED) is 0.812. The van der Waals surface area contributed by atoms with E-state index in [1.165, 1.54) is 31.5 Å². The number of hydrogen-bond acceptors (Lipinski definition) is 4. The summed E-state index contributed by atoms with van der Waals surface area (Å²) in [6, 6.07) is 0.593. The molecule has 1 aromatic heterocycles. The lowest BCUT2D eigenvalue weighted by Crippen LogP contribution is -2.42. The maximum atomic E-state index is 5.62. The molecule has 20 heavy (non-hydrogen) atoms. The van der Waals surface area contributed by atoms with E-state index < -0.39 is 0 Å². The van der Waals surface area contributed by atoms with Crippen LogP contribution in [0.5, 0.6) is 0 Å². The smallest absolute Gasteiger partial charge is 0.208 e. The van der Waals surface area contributed by atoms with Crippen LogP contribution in [0.15, 0.2) is 22.3 Å². The van der Waals surface area contributed by atoms with E-state index in [4.69, 9.17) is 4.42 Å². The van der Waals surface area contributed by atoms with E-state index in [-0.39, 0.29) is 0 Å². The molecule has 1 N–H and O–H groups in total. The number of aromatic nitrogens is 1. The van der Waals surface area contributed by atoms with Gasteiger partial charge in [-0.2, -0.15) is 0 Å². The lowest BCUT2D eigenvalue weighted by atomic mass is 10.0. The highest BCUT2D eigenvalue weighted by Gasteiger charge is 2.18. The Morgan fingerprint density at radius 1 is 1.45 bits per heavy atom. The van der Waals surface area contributed by atoms with Crippen LogP contribution in [0, 0.1) is 0 Å². The number of piperidine rings is 1. The van der Waals surface area contributed by atoms with Gasteiger partial charge in [-0.05, 0) is 39.8 Å². The summed E-state index contributed by atoms with van der Waals surface area (Å²) in [4.78, 5) is 6.81. The number of rotatable bonds is 6. The van der Waals surface area contributed by atoms with Gasteiger partial charge in [0.05, 0.1) is 12.7 Å². The monoisotopic (exact) mass is 277 g/mol. The lowest BCUT2D eigenvalue weighted by molar-refractivity contribution is 0.211. The highest BCUT2D eigenvalue weighted by atomic mass is 16.4. The Labute approximate surface area is 122 Å². The topological polar surface area (TPSA) is 41.3 Å². The van der Waals surface area contributed by atoms with E-state index in [0.29, 0.717) is 6.04 Å². The van der Waals surface area contributed by atoms with Crippen LogP contribution in [0.25, 0.3) is 0 Å². The number of nitrogens with zero attached hydrogens (tertiary/aromatic N) is 2. The summed E-state index contributed by atoms with van der Waals surface area (Å²) in [6.07, 6.45) is 7.47. The van der Waals surface area contributed by atoms with Gasteiger partial charge in [-0.3, -0.25) is 4.90 Å². The van der Waals surface area contributed by atoms with Crippen molar-refractivity contribution >= 4 is 0 Å². The molecule has 1 aromatic rings. The van der Waals surface area contributed by atoms with Crippen LogP contribution in [0.3, 0.4) is 0 Å². The summed E-state index contributed by atoms with van der Waals surface area (Å²) in [5.74, 6) is 1.78. The van der Waals surface area contributed by atoms with Gasteiger partial charge >= 0.3 is 0 Å². The third kappa shape index (κ3) is 4.76. The van der Waals surface area contributed by atoms with Crippen LogP contribution in [0.2, 0.25) is 0 Å². The minimum absolute atomic E-state index is 0.593. The van der Waals surface area contributed by atoms with Crippen molar-refractivity contribution in [2.24, 2.45) is 0 Å². The summed E-state index contributed by atoms with van der Waals surface area (Å²) in [7, 11) is 0. The van der Waals surface area contributed by atoms with E-state index in [1.807, 2.05) is 6.20 Å². The standard InChI is InChI=1S/C16H27N3O/c1-4-15-11-18-16(20-15)12-17-14-6-9-19(10-7-14)8-5-13(2)3/h5,11,14,17H,4,6-10,12H2,1-3H3. The molecule has 0 bridgehead atoms. The summed E-state index contributed by atoms with van der Waals surface area (Å²) >= 11 is 0. The average molecular weight is 277 g/mol. The minimum Gasteiger partial charge on any atom is -0.444 e. The fraction of sp³-hybridized carbons (Fsp3) is 0.688. The van der Waals surface area contributed by atoms with E-state index >= 15 is 0 Å². The molecule has 1 aliphatic heterocycles. The van der Waals surface area contributed by atoms with Crippen molar-refractivity contribution in [3.05, 3.63) is 29.5 Å². The van der Waals surface area contributed by atoms with Crippen molar-refractivity contribution < 1.29 is 4.42 Å². The Bertz CT molecular complexity index is 427. The van der Waals surface area contributed by atoms with Gasteiger partial charge < -0.3 is 9.73 Å². The van der Waals surface area contributed by atoms with Crippen molar-refractivity contribution in [2.75, 3.05) is 19.6 Å². The molecular weight excluding hydrogens is 250 g/mol. The first-order valence-corrected chi connectivity index (χ1v) is 7.70. The van der Waals surface area contributed by atoms with Gasteiger partial charge in [-0.25, -0.2) is 4.98 Å². The normalized spacial score (nSPS) is 17.4. The first-order valence-electron chi connectivity index (χ1n) is 7.70. The van der Waals surface area contributed by atoms with Crippen LogP contribution < -0.4 is 5.32 Å². The zero-order valence-electron chi connectivity index (χ0n) is 13.0. The van der Waals surface area contributed by atoms with Crippen LogP contribution >= 0.6 is 0 Å². The Balaban J connectivity index is 1.68. The van der Waals surface area contributed by atoms with Crippen LogP contribution in [-0.4, -0.2) is 35.6 Å². The molecule has 2 rings (SSSR count). The summed E-state index contributed by atoms with van der Waals surface area (Å²) in [6.45, 7) is 10.6. The Morgan fingerprint density at radius 3 is 2.80 bits per heavy atom. The first-order chi connectivity index (χ1) is 9.67. The molecule has 0 spiro atoms. The van der Waals surface area contributed by atoms with Crippen molar-refractivity contribution in [2.45, 2.75) is 52.6 Å². The van der Waals surface area contributed by atoms with E-state index in [1.54, 1.807) is 0 Å². The number of aryl methyl sites for hydroxylation is 1. The highest BCUT2D eigenvalue weighted by molar-refractivity contribution is 4.96. The summed E-state index contributed by atoms with van der Waals surface area (Å²) in [5.41, 5.74) is 1.40. The van der Waals surface area contributed by atoms with Crippen molar-refractivity contribution in [3.63, 3.8) is 0 Å². The highest BCUT2D eigenvalue weighted by Crippen LogP contribution is 2.12. The molecule has 1 saturated heterocycles. The maximum absolute atomic E-state index is 5.62. The molecule has 0 aromatic carbocycles. The Hall–Kier alpha value is -1.13. The van der Waals surface area contributed by atoms with Gasteiger partial charge in [0.25, 0.3) is 0 Å². The zero-order chi connectivity index (χ0) is 14.4. The average Bonchev–Trinajstić information content (AvgIpc) is 2.92. The predicted molar refractivity (Wildman–Crippen MR) is 81.6 cm³/mol. The number of oxazole rings is 1. The second-order valence-electron chi connectivity index (χ2n) is 5.81. The van der Waals surface area contributed by atoms with Crippen LogP contribution in [0.4, 0.5) is 0 Å². The van der Waals surface area contributed by atoms with E-state index in [0.717, 1.165) is 31.2 Å². The minimum atomic E-state index is 0.593. The van der Waals surface area contributed by atoms with E-state index in [2.05, 4.69) is 42.0 Å². The fourth-order valence-corrected chi connectivity index (χ4v) is 2.46. The summed E-state index contributed by atoms with van der Waals surface area (Å²) in [5, 5.41) is 3.56. The fourth-order valence-electron chi connectivity index (χ4n) is 2.46. The number of likely N-dealkylation sites (tertiary alicyclic amines) is 1. The number of hydrogen-bond donors (Lipinski definition) is 1. The molecule has 2 heterocycles. The van der Waals surface area contributed by atoms with E-state index in [9.17, 15) is 0 Å². The van der Waals surface area contributed by atoms with Crippen LogP contribution in [-0.2, 0) is 13.0 Å². The molecule has 1 fully saturated rings. The summed E-state index contributed by atoms with van der Waals surface area (Å²) < 4.78 is 5.62. The molecule has 112 valence electrons. The van der Waals surface area contributed by atoms with Gasteiger partial charge in [0.15, 0.2) is 0 Å². The molecule has 0 amide bonds. The molecule has 1 aliphatic rings. The molecule has 0 atom stereocenters. The van der Waals surface area contributed by atoms with Crippen molar-refractivity contribution in [3.8, 4) is 0 Å². The lowest BCUT2D eigenvalue weighted by Gasteiger charge is -2.31. The van der Waals surface area contributed by atoms with Gasteiger partial charge in [-0.15, -0.1) is 0 Å². The van der Waals surface area contributed by atoms with Gasteiger partial charge in [-0.1, -0.05) is 18.6 Å². The molecule has 0 aliphatic carbocycles. The second kappa shape index (κ2) is 7.60. The Kier molecular flexibility index (Phi) is 5.80. The van der Waals surface area contributed by atoms with Crippen molar-refractivity contribution in [1.29, 1.82) is 0 Å². The molecule has 0 radical (unpaired) electrons. The second-order valence-corrected chi connectivity index (χ2v) is 5.81. The number of nitrogens with one attached hydrogen (secondary N) is 1. The molecule has 0 saturated carbocycles. The predicted octanol–water partition coefficient (Wildman–Crippen LogP) is 2.76. The first kappa shape index (κ1) is 15.3. The third-order valence-corrected chi connectivity index (χ3v) is 3.84. The van der Waals surface area contributed by atoms with Gasteiger partial charge in [0, 0.05) is 19.0 Å². The number of allylic oxidation sites excluding steroid dienone is 1. The molecular formula is C16H27N3O. The zero-order valence-corrected chi connectivity index (χ0v) is 13.0. The molecule has 4 heteroatoms. The Morgan fingerprint density at radius 2 is 2.20 bits per heavy atom. The van der Waals surface area contributed by atoms with Gasteiger partial charge in [0.1, 0.15) is 5.76 Å². The maximum Gasteiger partial charge on any atom is 0.208 e. The van der Waals surface area contributed by atoms with Crippen LogP contribution in [0.1, 0.15) is 45.3 Å². The molecule has 0 unspecified atom stereocenters. The molecule has 4 nitrogen and oxygen atoms in total. The third-order valence-electron chi connectivity index (χ3n) is 3.84.